The summed E-state index contributed by atoms with van der Waals surface area (Å²) < 4.78 is 0. The average Bonchev–Trinajstić information content (AvgIpc) is 3.17. The Bertz CT molecular complexity index is 1020. The van der Waals surface area contributed by atoms with Crippen molar-refractivity contribution in [2.24, 2.45) is 0 Å². The maximum atomic E-state index is 12.5. The zero-order valence-corrected chi connectivity index (χ0v) is 15.2. The van der Waals surface area contributed by atoms with E-state index in [2.05, 4.69) is 25.5 Å². The van der Waals surface area contributed by atoms with Crippen LogP contribution in [0.5, 0.6) is 0 Å². The minimum absolute atomic E-state index is 0.0303. The van der Waals surface area contributed by atoms with Gasteiger partial charge in [-0.15, -0.1) is 0 Å². The van der Waals surface area contributed by atoms with Gasteiger partial charge in [0.25, 0.3) is 5.91 Å². The van der Waals surface area contributed by atoms with Gasteiger partial charge < -0.3 is 15.4 Å². The SMILES string of the molecule is Cc1ccnc(-c2n[nH]c(C(C)NC(=O)c3ccc(B(O)O)c(C=O)c3)n2)c1. The summed E-state index contributed by atoms with van der Waals surface area (Å²) in [6, 6.07) is 7.27. The molecule has 0 saturated heterocycles. The molecule has 4 N–H and O–H groups in total. The van der Waals surface area contributed by atoms with Crippen LogP contribution in [-0.4, -0.2) is 49.5 Å². The molecule has 1 atom stereocenters. The Kier molecular flexibility index (Phi) is 5.62. The summed E-state index contributed by atoms with van der Waals surface area (Å²) in [4.78, 5) is 32.2. The first-order valence-electron chi connectivity index (χ1n) is 8.50. The van der Waals surface area contributed by atoms with Crippen LogP contribution in [0.4, 0.5) is 0 Å². The van der Waals surface area contributed by atoms with Crippen molar-refractivity contribution in [3.05, 3.63) is 59.0 Å². The molecule has 1 aromatic carbocycles. The first-order valence-corrected chi connectivity index (χ1v) is 8.50. The van der Waals surface area contributed by atoms with Gasteiger partial charge in [-0.25, -0.2) is 4.98 Å². The van der Waals surface area contributed by atoms with Crippen LogP contribution in [0.2, 0.25) is 0 Å². The monoisotopic (exact) mass is 379 g/mol. The molecule has 2 heterocycles. The zero-order chi connectivity index (χ0) is 20.3. The number of H-pyrrole nitrogens is 1. The molecule has 9 nitrogen and oxygen atoms in total. The fourth-order valence-electron chi connectivity index (χ4n) is 2.64. The summed E-state index contributed by atoms with van der Waals surface area (Å²) in [5, 5.41) is 28.2. The summed E-state index contributed by atoms with van der Waals surface area (Å²) >= 11 is 0. The number of aryl methyl sites for hydroxylation is 1. The van der Waals surface area contributed by atoms with Crippen molar-refractivity contribution < 1.29 is 19.6 Å². The van der Waals surface area contributed by atoms with Crippen LogP contribution in [0.1, 0.15) is 45.1 Å². The number of aromatic amines is 1. The molecule has 142 valence electrons. The molecule has 0 saturated carbocycles. The van der Waals surface area contributed by atoms with Gasteiger partial charge in [0.1, 0.15) is 17.8 Å². The molecule has 28 heavy (non-hydrogen) atoms. The van der Waals surface area contributed by atoms with Gasteiger partial charge in [0, 0.05) is 17.3 Å². The van der Waals surface area contributed by atoms with E-state index in [1.165, 1.54) is 18.2 Å². The highest BCUT2D eigenvalue weighted by atomic mass is 16.4. The molecule has 0 aliphatic heterocycles. The van der Waals surface area contributed by atoms with E-state index < -0.39 is 19.1 Å². The van der Waals surface area contributed by atoms with E-state index in [4.69, 9.17) is 0 Å². The van der Waals surface area contributed by atoms with Crippen molar-refractivity contribution in [2.75, 3.05) is 0 Å². The summed E-state index contributed by atoms with van der Waals surface area (Å²) in [6.45, 7) is 3.68. The van der Waals surface area contributed by atoms with Gasteiger partial charge in [-0.3, -0.25) is 19.7 Å². The Morgan fingerprint density at radius 2 is 2.07 bits per heavy atom. The van der Waals surface area contributed by atoms with Crippen LogP contribution < -0.4 is 10.8 Å². The van der Waals surface area contributed by atoms with Crippen LogP contribution >= 0.6 is 0 Å². The number of nitrogens with zero attached hydrogens (tertiary/aromatic N) is 3. The van der Waals surface area contributed by atoms with Crippen LogP contribution in [0.3, 0.4) is 0 Å². The van der Waals surface area contributed by atoms with Gasteiger partial charge in [0.2, 0.25) is 0 Å². The van der Waals surface area contributed by atoms with E-state index in [1.807, 2.05) is 19.1 Å². The van der Waals surface area contributed by atoms with Crippen LogP contribution in [0.15, 0.2) is 36.5 Å². The van der Waals surface area contributed by atoms with Gasteiger partial charge in [-0.2, -0.15) is 5.10 Å². The molecule has 3 rings (SSSR count). The Morgan fingerprint density at radius 1 is 1.29 bits per heavy atom. The quantitative estimate of drug-likeness (QED) is 0.353. The number of nitrogens with one attached hydrogen (secondary N) is 2. The van der Waals surface area contributed by atoms with Crippen molar-refractivity contribution in [3.63, 3.8) is 0 Å². The van der Waals surface area contributed by atoms with Crippen LogP contribution in [0.25, 0.3) is 11.5 Å². The molecule has 0 radical (unpaired) electrons. The van der Waals surface area contributed by atoms with Gasteiger partial charge >= 0.3 is 7.12 Å². The number of carbonyl (C=O) groups excluding carboxylic acids is 2. The van der Waals surface area contributed by atoms with Crippen molar-refractivity contribution in [3.8, 4) is 11.5 Å². The molecule has 1 unspecified atom stereocenters. The van der Waals surface area contributed by atoms with E-state index in [1.54, 1.807) is 13.1 Å². The predicted octanol–water partition coefficient (Wildman–Crippen LogP) is 0.158. The third-order valence-electron chi connectivity index (χ3n) is 4.16. The Balaban J connectivity index is 1.75. The number of amides is 1. The lowest BCUT2D eigenvalue weighted by atomic mass is 9.77. The largest absolute Gasteiger partial charge is 0.489 e. The van der Waals surface area contributed by atoms with Gasteiger partial charge in [0.05, 0.1) is 6.04 Å². The molecule has 3 aromatic rings. The maximum absolute atomic E-state index is 12.5. The second kappa shape index (κ2) is 8.11. The first-order chi connectivity index (χ1) is 13.4. The van der Waals surface area contributed by atoms with Crippen molar-refractivity contribution >= 4 is 24.8 Å². The van der Waals surface area contributed by atoms with Crippen molar-refractivity contribution in [1.29, 1.82) is 0 Å². The molecule has 0 aliphatic rings. The van der Waals surface area contributed by atoms with Crippen LogP contribution in [0, 0.1) is 6.92 Å². The van der Waals surface area contributed by atoms with Gasteiger partial charge in [-0.05, 0) is 49.1 Å². The minimum atomic E-state index is -1.79. The fourth-order valence-corrected chi connectivity index (χ4v) is 2.64. The zero-order valence-electron chi connectivity index (χ0n) is 15.2. The highest BCUT2D eigenvalue weighted by Gasteiger charge is 2.20. The summed E-state index contributed by atoms with van der Waals surface area (Å²) in [5.41, 5.74) is 1.92. The number of aldehydes is 1. The highest BCUT2D eigenvalue weighted by Crippen LogP contribution is 2.16. The summed E-state index contributed by atoms with van der Waals surface area (Å²) in [6.07, 6.45) is 2.13. The third-order valence-corrected chi connectivity index (χ3v) is 4.16. The highest BCUT2D eigenvalue weighted by molar-refractivity contribution is 6.60. The molecule has 0 bridgehead atoms. The predicted molar refractivity (Wildman–Crippen MR) is 102 cm³/mol. The lowest BCUT2D eigenvalue weighted by Crippen LogP contribution is -2.34. The molecule has 10 heteroatoms. The number of carbonyl (C=O) groups is 2. The maximum Gasteiger partial charge on any atom is 0.489 e. The second-order valence-corrected chi connectivity index (χ2v) is 6.29. The molecular formula is C18H18BN5O4. The molecule has 0 fully saturated rings. The van der Waals surface area contributed by atoms with E-state index in [-0.39, 0.29) is 16.6 Å². The topological polar surface area (TPSA) is 141 Å². The Hall–Kier alpha value is -3.37. The average molecular weight is 379 g/mol. The normalized spacial score (nSPS) is 11.7. The summed E-state index contributed by atoms with van der Waals surface area (Å²) in [5.74, 6) is 0.426. The van der Waals surface area contributed by atoms with E-state index in [0.29, 0.717) is 23.6 Å². The van der Waals surface area contributed by atoms with Crippen molar-refractivity contribution in [1.82, 2.24) is 25.5 Å². The second-order valence-electron chi connectivity index (χ2n) is 6.29. The number of pyridine rings is 1. The van der Waals surface area contributed by atoms with Crippen LogP contribution in [-0.2, 0) is 0 Å². The molecule has 0 spiro atoms. The molecular weight excluding hydrogens is 361 g/mol. The smallest absolute Gasteiger partial charge is 0.423 e. The standard InChI is InChI=1S/C18H18BN5O4/c1-10-5-6-20-15(7-10)17-22-16(23-24-17)11(2)21-18(26)12-3-4-14(19(27)28)13(8-12)9-25/h3-9,11,27-28H,1-2H3,(H,21,26)(H,22,23,24). The van der Waals surface area contributed by atoms with Crippen molar-refractivity contribution in [2.45, 2.75) is 19.9 Å². The number of hydrogen-bond donors (Lipinski definition) is 4. The minimum Gasteiger partial charge on any atom is -0.423 e. The lowest BCUT2D eigenvalue weighted by molar-refractivity contribution is 0.0938. The van der Waals surface area contributed by atoms with Gasteiger partial charge in [-0.1, -0.05) is 6.07 Å². The number of benzene rings is 1. The Morgan fingerprint density at radius 3 is 2.75 bits per heavy atom. The lowest BCUT2D eigenvalue weighted by Gasteiger charge is -2.12. The summed E-state index contributed by atoms with van der Waals surface area (Å²) in [7, 11) is -1.79. The molecule has 2 aromatic heterocycles. The Labute approximate surface area is 161 Å². The number of rotatable bonds is 6. The van der Waals surface area contributed by atoms with E-state index in [9.17, 15) is 19.6 Å². The molecule has 0 aliphatic carbocycles. The number of aromatic nitrogens is 4. The number of hydrogen-bond acceptors (Lipinski definition) is 7. The van der Waals surface area contributed by atoms with E-state index >= 15 is 0 Å². The van der Waals surface area contributed by atoms with E-state index in [0.717, 1.165) is 5.56 Å². The molecule has 1 amide bonds. The van der Waals surface area contributed by atoms with Gasteiger partial charge in [0.15, 0.2) is 5.82 Å². The fraction of sp³-hybridized carbons (Fsp3) is 0.167. The first kappa shape index (κ1) is 19.4. The third kappa shape index (κ3) is 4.13.